The van der Waals surface area contributed by atoms with E-state index in [-0.39, 0.29) is 5.54 Å². The highest BCUT2D eigenvalue weighted by atomic mass is 15.3. The lowest BCUT2D eigenvalue weighted by Gasteiger charge is -2.43. The van der Waals surface area contributed by atoms with E-state index in [4.69, 9.17) is 5.73 Å². The zero-order chi connectivity index (χ0) is 11.2. The van der Waals surface area contributed by atoms with Gasteiger partial charge in [0.25, 0.3) is 0 Å². The van der Waals surface area contributed by atoms with Crippen LogP contribution in [-0.2, 0) is 13.1 Å². The lowest BCUT2D eigenvalue weighted by molar-refractivity contribution is 0.0593. The smallest absolute Gasteiger partial charge is 0.122 e. The summed E-state index contributed by atoms with van der Waals surface area (Å²) in [5.41, 5.74) is 6.20. The molecule has 0 bridgehead atoms. The first-order valence-corrected chi connectivity index (χ1v) is 6.19. The number of hydrogen-bond donors (Lipinski definition) is 1. The van der Waals surface area contributed by atoms with Crippen LogP contribution < -0.4 is 5.73 Å². The van der Waals surface area contributed by atoms with E-state index < -0.39 is 0 Å². The van der Waals surface area contributed by atoms with Crippen LogP contribution in [0.3, 0.4) is 0 Å². The molecule has 0 spiro atoms. The fourth-order valence-electron chi connectivity index (χ4n) is 2.87. The molecule has 0 amide bonds. The zero-order valence-electron chi connectivity index (χ0n) is 9.89. The van der Waals surface area contributed by atoms with Gasteiger partial charge in [0.1, 0.15) is 5.82 Å². The van der Waals surface area contributed by atoms with Crippen LogP contribution in [0, 0.1) is 5.92 Å². The summed E-state index contributed by atoms with van der Waals surface area (Å²) in [4.78, 5) is 6.95. The Kier molecular flexibility index (Phi) is 2.30. The Balaban J connectivity index is 1.81. The van der Waals surface area contributed by atoms with E-state index in [0.717, 1.165) is 32.1 Å². The lowest BCUT2D eigenvalue weighted by Crippen LogP contribution is -2.55. The molecule has 1 aliphatic carbocycles. The standard InChI is InChI=1S/C12H20N4/c1-12(9-13,10-2-3-10)16-7-6-15-5-4-14-11(15)8-16/h4-5,10H,2-3,6-9,13H2,1H3. The minimum absolute atomic E-state index is 0.192. The van der Waals surface area contributed by atoms with Gasteiger partial charge in [-0.15, -0.1) is 0 Å². The molecule has 1 aliphatic heterocycles. The Morgan fingerprint density at radius 3 is 3.00 bits per heavy atom. The molecular formula is C12H20N4. The fourth-order valence-corrected chi connectivity index (χ4v) is 2.87. The lowest BCUT2D eigenvalue weighted by atomic mass is 9.93. The monoisotopic (exact) mass is 220 g/mol. The molecule has 1 unspecified atom stereocenters. The van der Waals surface area contributed by atoms with Gasteiger partial charge in [-0.1, -0.05) is 0 Å². The van der Waals surface area contributed by atoms with Crippen molar-refractivity contribution in [3.8, 4) is 0 Å². The van der Waals surface area contributed by atoms with Crippen LogP contribution in [0.2, 0.25) is 0 Å². The predicted octanol–water partition coefficient (Wildman–Crippen LogP) is 0.826. The Bertz CT molecular complexity index is 382. The average molecular weight is 220 g/mol. The average Bonchev–Trinajstić information content (AvgIpc) is 3.06. The summed E-state index contributed by atoms with van der Waals surface area (Å²) < 4.78 is 2.25. The minimum atomic E-state index is 0.192. The van der Waals surface area contributed by atoms with E-state index in [9.17, 15) is 0 Å². The number of nitrogens with two attached hydrogens (primary N) is 1. The van der Waals surface area contributed by atoms with Gasteiger partial charge in [0.2, 0.25) is 0 Å². The Labute approximate surface area is 96.4 Å². The topological polar surface area (TPSA) is 47.1 Å². The molecule has 3 rings (SSSR count). The molecule has 0 radical (unpaired) electrons. The second-order valence-corrected chi connectivity index (χ2v) is 5.29. The summed E-state index contributed by atoms with van der Waals surface area (Å²) in [6, 6.07) is 0. The number of aromatic nitrogens is 2. The molecule has 16 heavy (non-hydrogen) atoms. The van der Waals surface area contributed by atoms with Gasteiger partial charge in [-0.3, -0.25) is 4.90 Å². The van der Waals surface area contributed by atoms with Crippen LogP contribution in [0.15, 0.2) is 12.4 Å². The maximum atomic E-state index is 6.01. The maximum absolute atomic E-state index is 6.01. The van der Waals surface area contributed by atoms with Crippen molar-refractivity contribution in [2.45, 2.75) is 38.4 Å². The molecule has 4 nitrogen and oxygen atoms in total. The molecule has 1 saturated carbocycles. The molecule has 0 aromatic carbocycles. The summed E-state index contributed by atoms with van der Waals surface area (Å²) in [6.45, 7) is 6.20. The fraction of sp³-hybridized carbons (Fsp3) is 0.750. The van der Waals surface area contributed by atoms with E-state index in [1.165, 1.54) is 18.7 Å². The number of hydrogen-bond acceptors (Lipinski definition) is 3. The molecule has 1 fully saturated rings. The highest BCUT2D eigenvalue weighted by Gasteiger charge is 2.45. The maximum Gasteiger partial charge on any atom is 0.122 e. The first-order valence-electron chi connectivity index (χ1n) is 6.19. The van der Waals surface area contributed by atoms with Gasteiger partial charge in [0.05, 0.1) is 6.54 Å². The van der Waals surface area contributed by atoms with Crippen molar-refractivity contribution in [2.24, 2.45) is 11.7 Å². The van der Waals surface area contributed by atoms with Crippen molar-refractivity contribution < 1.29 is 0 Å². The van der Waals surface area contributed by atoms with Crippen LogP contribution in [0.5, 0.6) is 0 Å². The first kappa shape index (κ1) is 10.3. The summed E-state index contributed by atoms with van der Waals surface area (Å²) in [6.07, 6.45) is 6.66. The van der Waals surface area contributed by atoms with E-state index in [0.29, 0.717) is 0 Å². The van der Waals surface area contributed by atoms with Gasteiger partial charge in [-0.25, -0.2) is 4.98 Å². The van der Waals surface area contributed by atoms with E-state index in [1.54, 1.807) is 0 Å². The van der Waals surface area contributed by atoms with Crippen LogP contribution in [0.4, 0.5) is 0 Å². The third-order valence-corrected chi connectivity index (χ3v) is 4.34. The third-order valence-electron chi connectivity index (χ3n) is 4.34. The highest BCUT2D eigenvalue weighted by Crippen LogP contribution is 2.43. The first-order chi connectivity index (χ1) is 7.74. The van der Waals surface area contributed by atoms with Gasteiger partial charge < -0.3 is 10.3 Å². The number of nitrogens with zero attached hydrogens (tertiary/aromatic N) is 3. The number of rotatable bonds is 3. The molecule has 2 aliphatic rings. The van der Waals surface area contributed by atoms with Gasteiger partial charge >= 0.3 is 0 Å². The largest absolute Gasteiger partial charge is 0.333 e. The Hall–Kier alpha value is -0.870. The molecule has 88 valence electrons. The van der Waals surface area contributed by atoms with Crippen molar-refractivity contribution in [3.05, 3.63) is 18.2 Å². The van der Waals surface area contributed by atoms with Crippen molar-refractivity contribution in [1.29, 1.82) is 0 Å². The normalized spacial score (nSPS) is 25.1. The van der Waals surface area contributed by atoms with E-state index >= 15 is 0 Å². The summed E-state index contributed by atoms with van der Waals surface area (Å²) in [7, 11) is 0. The molecule has 2 N–H and O–H groups in total. The van der Waals surface area contributed by atoms with Crippen molar-refractivity contribution in [3.63, 3.8) is 0 Å². The van der Waals surface area contributed by atoms with Crippen LogP contribution in [0.25, 0.3) is 0 Å². The van der Waals surface area contributed by atoms with Gasteiger partial charge in [0.15, 0.2) is 0 Å². The van der Waals surface area contributed by atoms with Crippen molar-refractivity contribution in [2.75, 3.05) is 13.1 Å². The SMILES string of the molecule is CC(CN)(C1CC1)N1CCn2ccnc2C1. The molecule has 1 atom stereocenters. The van der Waals surface area contributed by atoms with Crippen LogP contribution in [-0.4, -0.2) is 33.1 Å². The quantitative estimate of drug-likeness (QED) is 0.820. The molecular weight excluding hydrogens is 200 g/mol. The molecule has 0 saturated heterocycles. The zero-order valence-corrected chi connectivity index (χ0v) is 9.89. The molecule has 4 heteroatoms. The van der Waals surface area contributed by atoms with E-state index in [1.807, 2.05) is 6.20 Å². The van der Waals surface area contributed by atoms with Crippen LogP contribution in [0.1, 0.15) is 25.6 Å². The summed E-state index contributed by atoms with van der Waals surface area (Å²) in [5.74, 6) is 1.99. The Morgan fingerprint density at radius 1 is 1.50 bits per heavy atom. The summed E-state index contributed by atoms with van der Waals surface area (Å²) in [5, 5.41) is 0. The second kappa shape index (κ2) is 3.57. The predicted molar refractivity (Wildman–Crippen MR) is 62.8 cm³/mol. The second-order valence-electron chi connectivity index (χ2n) is 5.29. The highest BCUT2D eigenvalue weighted by molar-refractivity contribution is 5.05. The molecule has 1 aromatic rings. The number of imidazole rings is 1. The molecule has 1 aromatic heterocycles. The van der Waals surface area contributed by atoms with Crippen molar-refractivity contribution in [1.82, 2.24) is 14.5 Å². The van der Waals surface area contributed by atoms with Gasteiger partial charge in [-0.2, -0.15) is 0 Å². The van der Waals surface area contributed by atoms with Gasteiger partial charge in [0, 0.05) is 37.6 Å². The van der Waals surface area contributed by atoms with E-state index in [2.05, 4.69) is 27.6 Å². The van der Waals surface area contributed by atoms with Crippen molar-refractivity contribution >= 4 is 0 Å². The molecule has 2 heterocycles. The number of fused-ring (bicyclic) bond motifs is 1. The summed E-state index contributed by atoms with van der Waals surface area (Å²) >= 11 is 0. The third kappa shape index (κ3) is 1.48. The minimum Gasteiger partial charge on any atom is -0.333 e. The Morgan fingerprint density at radius 2 is 2.31 bits per heavy atom. The van der Waals surface area contributed by atoms with Crippen LogP contribution >= 0.6 is 0 Å². The van der Waals surface area contributed by atoms with Gasteiger partial charge in [-0.05, 0) is 25.7 Å².